The number of nitrogens with two attached hydrogens (primary N) is 1. The summed E-state index contributed by atoms with van der Waals surface area (Å²) in [6, 6.07) is 8.08. The lowest BCUT2D eigenvalue weighted by molar-refractivity contribution is 0.0923. The number of benzene rings is 1. The van der Waals surface area contributed by atoms with E-state index in [-0.39, 0.29) is 29.7 Å². The van der Waals surface area contributed by atoms with Crippen molar-refractivity contribution in [1.82, 2.24) is 10.3 Å². The van der Waals surface area contributed by atoms with E-state index >= 15 is 0 Å². The molecule has 2 aromatic rings. The molecule has 1 aliphatic carbocycles. The van der Waals surface area contributed by atoms with Gasteiger partial charge < -0.3 is 21.3 Å². The number of amides is 2. The molecule has 0 radical (unpaired) electrons. The molecule has 3 fully saturated rings. The molecule has 0 spiro atoms. The minimum absolute atomic E-state index is 0.0464. The van der Waals surface area contributed by atoms with E-state index in [1.807, 2.05) is 12.1 Å². The number of carbonyl (C=O) groups excluding carboxylic acids is 3. The number of hydrogen-bond donors (Lipinski definition) is 3. The molecule has 1 aromatic carbocycles. The fraction of sp³-hybridized carbons (Fsp3) is 0.517. The highest BCUT2D eigenvalue weighted by molar-refractivity contribution is 9.10. The van der Waals surface area contributed by atoms with Gasteiger partial charge in [0.15, 0.2) is 5.78 Å². The summed E-state index contributed by atoms with van der Waals surface area (Å²) in [5, 5.41) is 6.63. The molecule has 5 rings (SSSR count). The SMILES string of the molecule is CCC(CC)Nc1cc(C(=O)NC2CC3CCC(C2)N3c2ccc(C(=O)C3CC3)cn2)c(Br)cc1C(N)=O. The molecule has 38 heavy (non-hydrogen) atoms. The number of primary amides is 1. The molecule has 2 bridgehead atoms. The topological polar surface area (TPSA) is 117 Å². The second-order valence-corrected chi connectivity index (χ2v) is 11.7. The van der Waals surface area contributed by atoms with Crippen molar-refractivity contribution in [1.29, 1.82) is 0 Å². The predicted octanol–water partition coefficient (Wildman–Crippen LogP) is 5.07. The molecular formula is C29H36BrN5O3. The summed E-state index contributed by atoms with van der Waals surface area (Å²) >= 11 is 3.48. The summed E-state index contributed by atoms with van der Waals surface area (Å²) in [7, 11) is 0. The Morgan fingerprint density at radius 3 is 2.29 bits per heavy atom. The first-order valence-corrected chi connectivity index (χ1v) is 14.6. The molecule has 2 atom stereocenters. The number of Topliss-reactive ketones (excluding diaryl/α,β-unsaturated/α-hetero) is 1. The van der Waals surface area contributed by atoms with Crippen LogP contribution in [0, 0.1) is 5.92 Å². The average Bonchev–Trinajstić information content (AvgIpc) is 3.72. The van der Waals surface area contributed by atoms with Crippen LogP contribution in [0.2, 0.25) is 0 Å². The molecule has 2 aliphatic heterocycles. The molecule has 2 amide bonds. The van der Waals surface area contributed by atoms with Gasteiger partial charge >= 0.3 is 0 Å². The van der Waals surface area contributed by atoms with E-state index in [4.69, 9.17) is 5.73 Å². The summed E-state index contributed by atoms with van der Waals surface area (Å²) in [5.41, 5.74) is 7.77. The monoisotopic (exact) mass is 581 g/mol. The largest absolute Gasteiger partial charge is 0.382 e. The Kier molecular flexibility index (Phi) is 7.75. The second kappa shape index (κ2) is 11.0. The smallest absolute Gasteiger partial charge is 0.252 e. The maximum atomic E-state index is 13.4. The van der Waals surface area contributed by atoms with Gasteiger partial charge in [0.2, 0.25) is 0 Å². The van der Waals surface area contributed by atoms with Crippen molar-refractivity contribution in [3.8, 4) is 0 Å². The van der Waals surface area contributed by atoms with Crippen LogP contribution in [0.5, 0.6) is 0 Å². The maximum Gasteiger partial charge on any atom is 0.252 e. The number of halogens is 1. The van der Waals surface area contributed by atoms with E-state index in [0.717, 1.165) is 57.2 Å². The van der Waals surface area contributed by atoms with Gasteiger partial charge in [-0.1, -0.05) is 13.8 Å². The Hall–Kier alpha value is -2.94. The molecular weight excluding hydrogens is 546 g/mol. The molecule has 202 valence electrons. The first kappa shape index (κ1) is 26.7. The van der Waals surface area contributed by atoms with E-state index in [9.17, 15) is 14.4 Å². The lowest BCUT2D eigenvalue weighted by atomic mass is 9.96. The van der Waals surface area contributed by atoms with Crippen LogP contribution in [-0.2, 0) is 0 Å². The van der Waals surface area contributed by atoms with Gasteiger partial charge in [-0.3, -0.25) is 14.4 Å². The summed E-state index contributed by atoms with van der Waals surface area (Å²) < 4.78 is 0.546. The van der Waals surface area contributed by atoms with Crippen molar-refractivity contribution >= 4 is 45.0 Å². The zero-order valence-electron chi connectivity index (χ0n) is 22.0. The van der Waals surface area contributed by atoms with Gasteiger partial charge in [0.1, 0.15) is 5.82 Å². The number of hydrogen-bond acceptors (Lipinski definition) is 6. The van der Waals surface area contributed by atoms with Crippen LogP contribution < -0.4 is 21.3 Å². The van der Waals surface area contributed by atoms with Gasteiger partial charge in [-0.25, -0.2) is 4.98 Å². The number of pyridine rings is 1. The third-order valence-electron chi connectivity index (χ3n) is 8.28. The van der Waals surface area contributed by atoms with Gasteiger partial charge in [-0.15, -0.1) is 0 Å². The van der Waals surface area contributed by atoms with Crippen molar-refractivity contribution < 1.29 is 14.4 Å². The number of piperidine rings is 1. The maximum absolute atomic E-state index is 13.4. The minimum atomic E-state index is -0.534. The third-order valence-corrected chi connectivity index (χ3v) is 8.93. The van der Waals surface area contributed by atoms with Crippen molar-refractivity contribution in [3.63, 3.8) is 0 Å². The number of rotatable bonds is 10. The fourth-order valence-electron chi connectivity index (χ4n) is 5.98. The molecule has 3 aliphatic rings. The number of nitrogens with one attached hydrogen (secondary N) is 2. The van der Waals surface area contributed by atoms with Crippen molar-refractivity contribution in [3.05, 3.63) is 51.6 Å². The lowest BCUT2D eigenvalue weighted by Gasteiger charge is -2.40. The molecule has 4 N–H and O–H groups in total. The van der Waals surface area contributed by atoms with Crippen LogP contribution in [0.15, 0.2) is 34.9 Å². The fourth-order valence-corrected chi connectivity index (χ4v) is 6.50. The predicted molar refractivity (Wildman–Crippen MR) is 152 cm³/mol. The number of fused-ring (bicyclic) bond motifs is 2. The van der Waals surface area contributed by atoms with E-state index in [1.165, 1.54) is 0 Å². The molecule has 1 saturated carbocycles. The van der Waals surface area contributed by atoms with Crippen LogP contribution in [0.25, 0.3) is 0 Å². The molecule has 9 heteroatoms. The normalized spacial score (nSPS) is 22.4. The van der Waals surface area contributed by atoms with Crippen LogP contribution in [0.1, 0.15) is 96.3 Å². The highest BCUT2D eigenvalue weighted by Gasteiger charge is 2.42. The van der Waals surface area contributed by atoms with E-state index in [1.54, 1.807) is 18.3 Å². The first-order chi connectivity index (χ1) is 18.3. The Bertz CT molecular complexity index is 1210. The van der Waals surface area contributed by atoms with E-state index in [2.05, 4.69) is 50.3 Å². The summed E-state index contributed by atoms with van der Waals surface area (Å²) in [6.45, 7) is 4.16. The van der Waals surface area contributed by atoms with Gasteiger partial charge in [0.05, 0.1) is 11.1 Å². The van der Waals surface area contributed by atoms with Gasteiger partial charge in [-0.05, 0) is 91.6 Å². The third kappa shape index (κ3) is 5.44. The summed E-state index contributed by atoms with van der Waals surface area (Å²) in [5.74, 6) is 0.614. The molecule has 3 heterocycles. The Labute approximate surface area is 232 Å². The molecule has 2 saturated heterocycles. The Morgan fingerprint density at radius 2 is 1.74 bits per heavy atom. The van der Waals surface area contributed by atoms with Crippen molar-refractivity contribution in [2.45, 2.75) is 89.4 Å². The van der Waals surface area contributed by atoms with Gasteiger partial charge in [-0.2, -0.15) is 0 Å². The molecule has 2 unspecified atom stereocenters. The second-order valence-electron chi connectivity index (χ2n) is 10.9. The van der Waals surface area contributed by atoms with Gasteiger partial charge in [0.25, 0.3) is 11.8 Å². The summed E-state index contributed by atoms with van der Waals surface area (Å²) in [6.07, 6.45) is 9.28. The summed E-state index contributed by atoms with van der Waals surface area (Å²) in [4.78, 5) is 44.9. The standard InChI is InChI=1S/C29H36BrN5O3/c1-3-18(4-2)33-25-14-22(24(30)13-23(25)28(31)37)29(38)34-19-11-20-8-9-21(12-19)35(20)26-10-7-17(15-32-26)27(36)16-5-6-16/h7,10,13-16,18-21,33H,3-6,8-9,11-12H2,1-2H3,(H2,31,37)(H,34,38). The van der Waals surface area contributed by atoms with Crippen LogP contribution in [0.3, 0.4) is 0 Å². The first-order valence-electron chi connectivity index (χ1n) is 13.8. The lowest BCUT2D eigenvalue weighted by Crippen LogP contribution is -2.50. The number of carbonyl (C=O) groups is 3. The number of aromatic nitrogens is 1. The molecule has 8 nitrogen and oxygen atoms in total. The highest BCUT2D eigenvalue weighted by Crippen LogP contribution is 2.39. The van der Waals surface area contributed by atoms with Crippen LogP contribution in [0.4, 0.5) is 11.5 Å². The number of ketones is 1. The Morgan fingerprint density at radius 1 is 1.05 bits per heavy atom. The zero-order valence-corrected chi connectivity index (χ0v) is 23.6. The zero-order chi connectivity index (χ0) is 27.0. The van der Waals surface area contributed by atoms with E-state index in [0.29, 0.717) is 38.9 Å². The highest BCUT2D eigenvalue weighted by atomic mass is 79.9. The van der Waals surface area contributed by atoms with Crippen LogP contribution in [-0.4, -0.2) is 46.7 Å². The number of nitrogens with zero attached hydrogens (tertiary/aromatic N) is 2. The quantitative estimate of drug-likeness (QED) is 0.337. The number of anilines is 2. The van der Waals surface area contributed by atoms with Crippen molar-refractivity contribution in [2.24, 2.45) is 11.7 Å². The molecule has 1 aromatic heterocycles. The minimum Gasteiger partial charge on any atom is -0.382 e. The van der Waals surface area contributed by atoms with Gasteiger partial charge in [0, 0.05) is 52.0 Å². The van der Waals surface area contributed by atoms with Crippen LogP contribution >= 0.6 is 15.9 Å². The van der Waals surface area contributed by atoms with E-state index < -0.39 is 5.91 Å². The average molecular weight is 583 g/mol. The Balaban J connectivity index is 1.27. The van der Waals surface area contributed by atoms with Crippen molar-refractivity contribution in [2.75, 3.05) is 10.2 Å².